The molecule has 0 heterocycles. The molecule has 0 saturated carbocycles. The molecule has 0 nitrogen and oxygen atoms in total. The molecule has 42 valence electrons. The van der Waals surface area contributed by atoms with E-state index in [-0.39, 0.29) is 13.5 Å². The smallest absolute Gasteiger partial charge is 0.00399 e. The number of hydrogen-bond acceptors (Lipinski definition) is 1. The first-order valence-electron chi connectivity index (χ1n) is 2.13. The first kappa shape index (κ1) is 7.92. The summed E-state index contributed by atoms with van der Waals surface area (Å²) in [5.41, 5.74) is 0. The summed E-state index contributed by atoms with van der Waals surface area (Å²) in [6.07, 6.45) is 0. The summed E-state index contributed by atoms with van der Waals surface area (Å²) >= 11 is 4.08. The van der Waals surface area contributed by atoms with E-state index < -0.39 is 0 Å². The number of thiol groups is 1. The van der Waals surface area contributed by atoms with Crippen LogP contribution >= 0.6 is 26.1 Å². The molecule has 0 bridgehead atoms. The fourth-order valence-electron chi connectivity index (χ4n) is 0.428. The van der Waals surface area contributed by atoms with Gasteiger partial charge < -0.3 is 0 Å². The second-order valence-corrected chi connectivity index (χ2v) is 1.85. The Morgan fingerprint density at radius 3 is 1.75 bits per heavy atom. The Morgan fingerprint density at radius 2 is 1.50 bits per heavy atom. The Kier molecular flexibility index (Phi) is 3.83. The van der Waals surface area contributed by atoms with Crippen LogP contribution < -0.4 is 0 Å². The highest BCUT2D eigenvalue weighted by atomic mass is 32.1. The Bertz CT molecular complexity index is 136. The third-order valence-electron chi connectivity index (χ3n) is 0.756. The quantitative estimate of drug-likeness (QED) is 0.529. The minimum atomic E-state index is 0. The second kappa shape index (κ2) is 3.87. The van der Waals surface area contributed by atoms with Gasteiger partial charge in [0.25, 0.3) is 0 Å². The molecule has 1 aromatic carbocycles. The van der Waals surface area contributed by atoms with Crippen molar-refractivity contribution in [3.05, 3.63) is 30.3 Å². The van der Waals surface area contributed by atoms with Gasteiger partial charge in [0, 0.05) is 18.4 Å². The minimum Gasteiger partial charge on any atom is -0.143 e. The van der Waals surface area contributed by atoms with Crippen LogP contribution in [-0.4, -0.2) is 0 Å². The SMILES string of the molecule is Sc1ccccc1.[S]. The van der Waals surface area contributed by atoms with E-state index in [4.69, 9.17) is 0 Å². The molecule has 0 atom stereocenters. The highest BCUT2D eigenvalue weighted by Crippen LogP contribution is 2.00. The summed E-state index contributed by atoms with van der Waals surface area (Å²) in [5, 5.41) is 0. The van der Waals surface area contributed by atoms with Crippen LogP contribution in [0.2, 0.25) is 0 Å². The maximum Gasteiger partial charge on any atom is 0.00399 e. The van der Waals surface area contributed by atoms with Gasteiger partial charge in [-0.1, -0.05) is 18.2 Å². The average Bonchev–Trinajstić information content (AvgIpc) is 1.69. The molecule has 0 aliphatic rings. The van der Waals surface area contributed by atoms with Crippen molar-refractivity contribution in [3.63, 3.8) is 0 Å². The van der Waals surface area contributed by atoms with E-state index in [2.05, 4.69) is 12.6 Å². The largest absolute Gasteiger partial charge is 0.143 e. The standard InChI is InChI=1S/C6H6S.S/c7-6-4-2-1-3-5-6;/h1-5,7H;. The van der Waals surface area contributed by atoms with Gasteiger partial charge in [0.1, 0.15) is 0 Å². The highest BCUT2D eigenvalue weighted by Gasteiger charge is 1.73. The third kappa shape index (κ3) is 2.28. The zero-order valence-corrected chi connectivity index (χ0v) is 5.95. The summed E-state index contributed by atoms with van der Waals surface area (Å²) in [6.45, 7) is 0. The Morgan fingerprint density at radius 1 is 1.00 bits per heavy atom. The fraction of sp³-hybridized carbons (Fsp3) is 0. The summed E-state index contributed by atoms with van der Waals surface area (Å²) in [4.78, 5) is 1.02. The maximum absolute atomic E-state index is 4.08. The second-order valence-electron chi connectivity index (χ2n) is 1.34. The first-order valence-corrected chi connectivity index (χ1v) is 2.58. The van der Waals surface area contributed by atoms with Gasteiger partial charge in [-0.15, -0.1) is 12.6 Å². The summed E-state index contributed by atoms with van der Waals surface area (Å²) in [5.74, 6) is 0. The third-order valence-corrected chi connectivity index (χ3v) is 1.05. The van der Waals surface area contributed by atoms with Crippen LogP contribution in [0.15, 0.2) is 35.2 Å². The molecule has 2 radical (unpaired) electrons. The number of rotatable bonds is 0. The maximum atomic E-state index is 4.08. The topological polar surface area (TPSA) is 0 Å². The van der Waals surface area contributed by atoms with E-state index >= 15 is 0 Å². The van der Waals surface area contributed by atoms with E-state index in [1.54, 1.807) is 0 Å². The van der Waals surface area contributed by atoms with Crippen molar-refractivity contribution < 1.29 is 0 Å². The molecule has 0 fully saturated rings. The zero-order valence-electron chi connectivity index (χ0n) is 4.24. The van der Waals surface area contributed by atoms with Crippen molar-refractivity contribution in [3.8, 4) is 0 Å². The lowest BCUT2D eigenvalue weighted by molar-refractivity contribution is 1.48. The molecule has 8 heavy (non-hydrogen) atoms. The molecule has 0 amide bonds. The number of hydrogen-bond donors (Lipinski definition) is 1. The van der Waals surface area contributed by atoms with Gasteiger partial charge in [0.05, 0.1) is 0 Å². The monoisotopic (exact) mass is 142 g/mol. The molecule has 0 unspecified atom stereocenters. The minimum absolute atomic E-state index is 0. The van der Waals surface area contributed by atoms with Gasteiger partial charge in [-0.05, 0) is 12.1 Å². The Hall–Kier alpha value is -0.0800. The van der Waals surface area contributed by atoms with Crippen molar-refractivity contribution in [2.45, 2.75) is 4.90 Å². The van der Waals surface area contributed by atoms with Crippen molar-refractivity contribution in [2.24, 2.45) is 0 Å². The molecule has 0 aromatic heterocycles. The predicted octanol–water partition coefficient (Wildman–Crippen LogP) is 2.62. The van der Waals surface area contributed by atoms with E-state index in [1.807, 2.05) is 30.3 Å². The van der Waals surface area contributed by atoms with Gasteiger partial charge in [-0.2, -0.15) is 0 Å². The van der Waals surface area contributed by atoms with Crippen LogP contribution in [0.3, 0.4) is 0 Å². The van der Waals surface area contributed by atoms with E-state index in [1.165, 1.54) is 0 Å². The summed E-state index contributed by atoms with van der Waals surface area (Å²) in [7, 11) is 0. The molecular formula is C6H6S2. The lowest BCUT2D eigenvalue weighted by atomic mass is 10.4. The molecule has 0 aliphatic carbocycles. The van der Waals surface area contributed by atoms with Crippen molar-refractivity contribution in [1.82, 2.24) is 0 Å². The van der Waals surface area contributed by atoms with Crippen molar-refractivity contribution >= 4 is 26.1 Å². The molecule has 0 aliphatic heterocycles. The summed E-state index contributed by atoms with van der Waals surface area (Å²) in [6, 6.07) is 9.79. The van der Waals surface area contributed by atoms with E-state index in [9.17, 15) is 0 Å². The van der Waals surface area contributed by atoms with Crippen molar-refractivity contribution in [2.75, 3.05) is 0 Å². The average molecular weight is 142 g/mol. The van der Waals surface area contributed by atoms with Gasteiger partial charge in [0.2, 0.25) is 0 Å². The van der Waals surface area contributed by atoms with E-state index in [0.717, 1.165) is 4.90 Å². The Balaban J connectivity index is 0.000000490. The van der Waals surface area contributed by atoms with Crippen LogP contribution in [0.5, 0.6) is 0 Å². The van der Waals surface area contributed by atoms with Crippen LogP contribution in [0.4, 0.5) is 0 Å². The zero-order chi connectivity index (χ0) is 5.11. The normalized spacial score (nSPS) is 7.62. The van der Waals surface area contributed by atoms with Gasteiger partial charge >= 0.3 is 0 Å². The molecule has 0 saturated heterocycles. The van der Waals surface area contributed by atoms with E-state index in [0.29, 0.717) is 0 Å². The van der Waals surface area contributed by atoms with Crippen LogP contribution in [-0.2, 0) is 0 Å². The van der Waals surface area contributed by atoms with Crippen molar-refractivity contribution in [1.29, 1.82) is 0 Å². The molecule has 0 spiro atoms. The lowest BCUT2D eigenvalue weighted by Crippen LogP contribution is -1.56. The fourth-order valence-corrected chi connectivity index (χ4v) is 0.600. The number of benzene rings is 1. The molecule has 1 rings (SSSR count). The van der Waals surface area contributed by atoms with Crippen LogP contribution in [0.25, 0.3) is 0 Å². The van der Waals surface area contributed by atoms with Crippen LogP contribution in [0.1, 0.15) is 0 Å². The summed E-state index contributed by atoms with van der Waals surface area (Å²) < 4.78 is 0. The van der Waals surface area contributed by atoms with Gasteiger partial charge in [-0.25, -0.2) is 0 Å². The molecule has 1 aromatic rings. The Labute approximate surface area is 61.8 Å². The lowest BCUT2D eigenvalue weighted by Gasteiger charge is -1.81. The first-order chi connectivity index (χ1) is 3.39. The molecular weight excluding hydrogens is 136 g/mol. The predicted molar refractivity (Wildman–Crippen MR) is 41.3 cm³/mol. The molecule has 0 N–H and O–H groups in total. The van der Waals surface area contributed by atoms with Gasteiger partial charge in [0.15, 0.2) is 0 Å². The van der Waals surface area contributed by atoms with Gasteiger partial charge in [-0.3, -0.25) is 0 Å². The van der Waals surface area contributed by atoms with Crippen LogP contribution in [0, 0.1) is 0 Å². The molecule has 2 heteroatoms. The highest BCUT2D eigenvalue weighted by molar-refractivity contribution is 7.80.